The van der Waals surface area contributed by atoms with Crippen molar-refractivity contribution in [2.24, 2.45) is 11.8 Å². The third-order valence-electron chi connectivity index (χ3n) is 3.82. The summed E-state index contributed by atoms with van der Waals surface area (Å²) in [6.07, 6.45) is 3.03. The van der Waals surface area contributed by atoms with Crippen molar-refractivity contribution in [1.82, 2.24) is 4.98 Å². The van der Waals surface area contributed by atoms with Gasteiger partial charge in [0.2, 0.25) is 5.88 Å². The number of methoxy groups -OCH3 is 1. The van der Waals surface area contributed by atoms with Crippen LogP contribution < -0.4 is 4.74 Å². The molecule has 0 N–H and O–H groups in total. The molecule has 1 heterocycles. The molecule has 1 aliphatic carbocycles. The van der Waals surface area contributed by atoms with Gasteiger partial charge in [-0.15, -0.1) is 0 Å². The van der Waals surface area contributed by atoms with Crippen LogP contribution in [0, 0.1) is 11.8 Å². The van der Waals surface area contributed by atoms with Gasteiger partial charge in [0.25, 0.3) is 0 Å². The van der Waals surface area contributed by atoms with E-state index in [1.165, 1.54) is 0 Å². The molecular formula is C15H17BrF3NO. The molecule has 0 aromatic carbocycles. The van der Waals surface area contributed by atoms with E-state index in [0.717, 1.165) is 10.0 Å². The lowest BCUT2D eigenvalue weighted by Gasteiger charge is -2.28. The van der Waals surface area contributed by atoms with Gasteiger partial charge in [-0.1, -0.05) is 12.2 Å². The first-order chi connectivity index (χ1) is 9.90. The van der Waals surface area contributed by atoms with E-state index in [-0.39, 0.29) is 18.8 Å². The lowest BCUT2D eigenvalue weighted by Crippen LogP contribution is -2.27. The summed E-state index contributed by atoms with van der Waals surface area (Å²) in [5.41, 5.74) is 0.824. The zero-order valence-corrected chi connectivity index (χ0v) is 13.2. The highest BCUT2D eigenvalue weighted by atomic mass is 79.9. The van der Waals surface area contributed by atoms with Crippen LogP contribution in [0.3, 0.4) is 0 Å². The molecule has 1 aromatic heterocycles. The first-order valence-corrected chi connectivity index (χ1v) is 7.64. The van der Waals surface area contributed by atoms with Crippen LogP contribution in [0.5, 0.6) is 5.88 Å². The predicted octanol–water partition coefficient (Wildman–Crippen LogP) is 5.23. The Morgan fingerprint density at radius 3 is 2.52 bits per heavy atom. The van der Waals surface area contributed by atoms with Gasteiger partial charge in [-0.05, 0) is 53.6 Å². The molecule has 0 saturated heterocycles. The van der Waals surface area contributed by atoms with E-state index in [4.69, 9.17) is 4.74 Å². The molecule has 2 nitrogen and oxygen atoms in total. The number of nitrogens with zero attached hydrogens (tertiary/aromatic N) is 1. The number of halogens is 4. The fraction of sp³-hybridized carbons (Fsp3) is 0.533. The summed E-state index contributed by atoms with van der Waals surface area (Å²) in [6, 6.07) is 1.88. The van der Waals surface area contributed by atoms with Gasteiger partial charge in [0, 0.05) is 16.2 Å². The normalized spacial score (nSPS) is 23.5. The van der Waals surface area contributed by atoms with Gasteiger partial charge in [-0.2, -0.15) is 13.2 Å². The second kappa shape index (κ2) is 6.81. The van der Waals surface area contributed by atoms with Crippen molar-refractivity contribution in [2.75, 3.05) is 7.11 Å². The van der Waals surface area contributed by atoms with Crippen LogP contribution >= 0.6 is 15.9 Å². The van der Waals surface area contributed by atoms with Crippen molar-refractivity contribution >= 4 is 22.0 Å². The molecule has 6 heteroatoms. The average molecular weight is 364 g/mol. The molecule has 1 saturated carbocycles. The van der Waals surface area contributed by atoms with Crippen molar-refractivity contribution in [2.45, 2.75) is 31.9 Å². The van der Waals surface area contributed by atoms with E-state index in [9.17, 15) is 13.2 Å². The van der Waals surface area contributed by atoms with Gasteiger partial charge in [0.15, 0.2) is 0 Å². The van der Waals surface area contributed by atoms with E-state index in [2.05, 4.69) is 20.9 Å². The molecule has 0 aliphatic heterocycles. The van der Waals surface area contributed by atoms with E-state index in [1.54, 1.807) is 13.3 Å². The number of alkyl halides is 3. The van der Waals surface area contributed by atoms with E-state index in [0.29, 0.717) is 18.7 Å². The highest BCUT2D eigenvalue weighted by Gasteiger charge is 2.40. The lowest BCUT2D eigenvalue weighted by atomic mass is 9.81. The number of hydrogen-bond acceptors (Lipinski definition) is 2. The molecule has 0 unspecified atom stereocenters. The van der Waals surface area contributed by atoms with Crippen LogP contribution in [0.1, 0.15) is 31.2 Å². The smallest absolute Gasteiger partial charge is 0.391 e. The number of allylic oxidation sites excluding steroid dienone is 1. The fourth-order valence-electron chi connectivity index (χ4n) is 2.61. The SMILES string of the molecule is COc1ncc(Br)cc1/C=C/[C@H]1CC[C@H](C(F)(F)F)CC1. The summed E-state index contributed by atoms with van der Waals surface area (Å²) < 4.78 is 43.8. The van der Waals surface area contributed by atoms with Crippen LogP contribution in [0.4, 0.5) is 13.2 Å². The maximum absolute atomic E-state index is 12.6. The second-order valence-corrected chi connectivity index (χ2v) is 6.18. The molecule has 0 amide bonds. The molecule has 21 heavy (non-hydrogen) atoms. The molecular weight excluding hydrogens is 347 g/mol. The number of aromatic nitrogens is 1. The number of ether oxygens (including phenoxy) is 1. The number of hydrogen-bond donors (Lipinski definition) is 0. The highest BCUT2D eigenvalue weighted by molar-refractivity contribution is 9.10. The minimum Gasteiger partial charge on any atom is -0.481 e. The molecule has 1 aromatic rings. The minimum absolute atomic E-state index is 0.187. The Morgan fingerprint density at radius 2 is 1.95 bits per heavy atom. The standard InChI is InChI=1S/C15H17BrF3NO/c1-21-14-11(8-13(16)9-20-14)5-2-10-3-6-12(7-4-10)15(17,18)19/h2,5,8-10,12H,3-4,6-7H2,1H3/b5-2+/t10-,12-. The van der Waals surface area contributed by atoms with Crippen molar-refractivity contribution in [1.29, 1.82) is 0 Å². The number of rotatable bonds is 3. The van der Waals surface area contributed by atoms with E-state index < -0.39 is 12.1 Å². The Labute approximate surface area is 130 Å². The Bertz CT molecular complexity index is 508. The lowest BCUT2D eigenvalue weighted by molar-refractivity contribution is -0.183. The average Bonchev–Trinajstić information content (AvgIpc) is 2.45. The second-order valence-electron chi connectivity index (χ2n) is 5.26. The fourth-order valence-corrected chi connectivity index (χ4v) is 2.96. The third-order valence-corrected chi connectivity index (χ3v) is 4.26. The van der Waals surface area contributed by atoms with Crippen LogP contribution in [-0.4, -0.2) is 18.3 Å². The topological polar surface area (TPSA) is 22.1 Å². The molecule has 0 spiro atoms. The van der Waals surface area contributed by atoms with Gasteiger partial charge < -0.3 is 4.74 Å². The van der Waals surface area contributed by atoms with Crippen molar-refractivity contribution in [3.63, 3.8) is 0 Å². The Balaban J connectivity index is 1.99. The van der Waals surface area contributed by atoms with Gasteiger partial charge >= 0.3 is 6.18 Å². The first-order valence-electron chi connectivity index (χ1n) is 6.84. The van der Waals surface area contributed by atoms with Gasteiger partial charge in [-0.3, -0.25) is 0 Å². The molecule has 1 fully saturated rings. The van der Waals surface area contributed by atoms with Gasteiger partial charge in [-0.25, -0.2) is 4.98 Å². The maximum Gasteiger partial charge on any atom is 0.391 e. The van der Waals surface area contributed by atoms with Crippen molar-refractivity contribution < 1.29 is 17.9 Å². The predicted molar refractivity (Wildman–Crippen MR) is 79.0 cm³/mol. The Kier molecular flexibility index (Phi) is 5.30. The highest BCUT2D eigenvalue weighted by Crippen LogP contribution is 2.40. The third kappa shape index (κ3) is 4.46. The van der Waals surface area contributed by atoms with Gasteiger partial charge in [0.05, 0.1) is 13.0 Å². The Morgan fingerprint density at radius 1 is 1.29 bits per heavy atom. The zero-order chi connectivity index (χ0) is 15.5. The van der Waals surface area contributed by atoms with Crippen molar-refractivity contribution in [3.8, 4) is 5.88 Å². The molecule has 1 aliphatic rings. The minimum atomic E-state index is -4.05. The molecule has 0 atom stereocenters. The quantitative estimate of drug-likeness (QED) is 0.732. The largest absolute Gasteiger partial charge is 0.481 e. The number of pyridine rings is 1. The van der Waals surface area contributed by atoms with Crippen LogP contribution in [-0.2, 0) is 0 Å². The zero-order valence-electron chi connectivity index (χ0n) is 11.7. The first kappa shape index (κ1) is 16.3. The van der Waals surface area contributed by atoms with E-state index in [1.807, 2.05) is 18.2 Å². The molecule has 0 bridgehead atoms. The van der Waals surface area contributed by atoms with Crippen LogP contribution in [0.25, 0.3) is 6.08 Å². The van der Waals surface area contributed by atoms with E-state index >= 15 is 0 Å². The summed E-state index contributed by atoms with van der Waals surface area (Å²) in [7, 11) is 1.54. The summed E-state index contributed by atoms with van der Waals surface area (Å²) in [5, 5.41) is 0. The summed E-state index contributed by atoms with van der Waals surface area (Å²) in [4.78, 5) is 4.14. The molecule has 2 rings (SSSR count). The maximum atomic E-state index is 12.6. The summed E-state index contributed by atoms with van der Waals surface area (Å²) in [6.45, 7) is 0. The van der Waals surface area contributed by atoms with Crippen molar-refractivity contribution in [3.05, 3.63) is 28.4 Å². The van der Waals surface area contributed by atoms with Crippen LogP contribution in [0.15, 0.2) is 22.8 Å². The summed E-state index contributed by atoms with van der Waals surface area (Å²) >= 11 is 3.34. The molecule has 116 valence electrons. The van der Waals surface area contributed by atoms with Gasteiger partial charge in [0.1, 0.15) is 0 Å². The Hall–Kier alpha value is -1.04. The van der Waals surface area contributed by atoms with Crippen LogP contribution in [0.2, 0.25) is 0 Å². The monoisotopic (exact) mass is 363 g/mol. The summed E-state index contributed by atoms with van der Waals surface area (Å²) in [5.74, 6) is -0.435. The molecule has 0 radical (unpaired) electrons.